The second-order valence-corrected chi connectivity index (χ2v) is 5.36. The van der Waals surface area contributed by atoms with Crippen LogP contribution < -0.4 is 10.6 Å². The van der Waals surface area contributed by atoms with Crippen LogP contribution in [0.15, 0.2) is 0 Å². The molecule has 1 saturated carbocycles. The summed E-state index contributed by atoms with van der Waals surface area (Å²) in [7, 11) is 4.05. The number of likely N-dealkylation sites (N-methyl/N-ethyl adjacent to an activating group) is 1. The molecule has 0 radical (unpaired) electrons. The van der Waals surface area contributed by atoms with Crippen LogP contribution in [0.25, 0.3) is 0 Å². The van der Waals surface area contributed by atoms with Gasteiger partial charge in [0, 0.05) is 19.6 Å². The summed E-state index contributed by atoms with van der Waals surface area (Å²) in [6.45, 7) is 3.59. The third-order valence-electron chi connectivity index (χ3n) is 3.68. The van der Waals surface area contributed by atoms with E-state index in [9.17, 15) is 4.79 Å². The Morgan fingerprint density at radius 3 is 2.75 bits per heavy atom. The van der Waals surface area contributed by atoms with Gasteiger partial charge in [0.15, 0.2) is 0 Å². The zero-order chi connectivity index (χ0) is 11.5. The normalized spacial score (nSPS) is 29.7. The Bertz CT molecular complexity index is 251. The minimum Gasteiger partial charge on any atom is -0.355 e. The number of hydrogen-bond donors (Lipinski definition) is 2. The molecule has 1 amide bonds. The zero-order valence-electron chi connectivity index (χ0n) is 10.3. The van der Waals surface area contributed by atoms with Gasteiger partial charge in [0.1, 0.15) is 0 Å². The highest BCUT2D eigenvalue weighted by atomic mass is 16.1. The standard InChI is InChI=1S/C12H23N3O/c1-15(2)6-5-14-12(16)11-8-13-7-10(11)9-3-4-9/h9-11,13H,3-8H2,1-2H3,(H,14,16). The molecule has 4 nitrogen and oxygen atoms in total. The lowest BCUT2D eigenvalue weighted by molar-refractivity contribution is -0.125. The van der Waals surface area contributed by atoms with Gasteiger partial charge in [0.25, 0.3) is 0 Å². The number of carbonyl (C=O) groups is 1. The molecule has 2 unspecified atom stereocenters. The maximum absolute atomic E-state index is 12.0. The number of carbonyl (C=O) groups excluding carboxylic acids is 1. The Morgan fingerprint density at radius 1 is 1.38 bits per heavy atom. The lowest BCUT2D eigenvalue weighted by Crippen LogP contribution is -2.38. The van der Waals surface area contributed by atoms with Crippen LogP contribution >= 0.6 is 0 Å². The van der Waals surface area contributed by atoms with Gasteiger partial charge in [-0.05, 0) is 45.3 Å². The van der Waals surface area contributed by atoms with Crippen LogP contribution in [0.5, 0.6) is 0 Å². The number of hydrogen-bond acceptors (Lipinski definition) is 3. The number of nitrogens with zero attached hydrogens (tertiary/aromatic N) is 1. The molecule has 1 heterocycles. The molecule has 16 heavy (non-hydrogen) atoms. The quantitative estimate of drug-likeness (QED) is 0.687. The van der Waals surface area contributed by atoms with Gasteiger partial charge in [-0.1, -0.05) is 0 Å². The largest absolute Gasteiger partial charge is 0.355 e. The molecule has 2 fully saturated rings. The Labute approximate surface area is 97.8 Å². The zero-order valence-corrected chi connectivity index (χ0v) is 10.3. The van der Waals surface area contributed by atoms with Gasteiger partial charge in [-0.3, -0.25) is 4.79 Å². The van der Waals surface area contributed by atoms with Crippen LogP contribution in [0.1, 0.15) is 12.8 Å². The van der Waals surface area contributed by atoms with E-state index in [2.05, 4.69) is 15.5 Å². The molecule has 2 aliphatic rings. The number of amides is 1. The van der Waals surface area contributed by atoms with Crippen molar-refractivity contribution in [2.24, 2.45) is 17.8 Å². The summed E-state index contributed by atoms with van der Waals surface area (Å²) in [6, 6.07) is 0. The van der Waals surface area contributed by atoms with Gasteiger partial charge < -0.3 is 15.5 Å². The van der Waals surface area contributed by atoms with E-state index in [0.717, 1.165) is 32.1 Å². The van der Waals surface area contributed by atoms with E-state index >= 15 is 0 Å². The van der Waals surface area contributed by atoms with Gasteiger partial charge >= 0.3 is 0 Å². The van der Waals surface area contributed by atoms with Crippen LogP contribution in [-0.4, -0.2) is 51.1 Å². The number of rotatable bonds is 5. The SMILES string of the molecule is CN(C)CCNC(=O)C1CNCC1C1CC1. The van der Waals surface area contributed by atoms with E-state index in [0.29, 0.717) is 5.92 Å². The monoisotopic (exact) mass is 225 g/mol. The molecule has 1 aliphatic carbocycles. The third-order valence-corrected chi connectivity index (χ3v) is 3.68. The molecular formula is C12H23N3O. The Hall–Kier alpha value is -0.610. The Morgan fingerprint density at radius 2 is 2.12 bits per heavy atom. The van der Waals surface area contributed by atoms with Gasteiger partial charge in [0.05, 0.1) is 5.92 Å². The van der Waals surface area contributed by atoms with Gasteiger partial charge in [-0.2, -0.15) is 0 Å². The molecule has 2 rings (SSSR count). The minimum atomic E-state index is 0.217. The Balaban J connectivity index is 1.75. The predicted molar refractivity (Wildman–Crippen MR) is 64.1 cm³/mol. The molecule has 0 bridgehead atoms. The van der Waals surface area contributed by atoms with Crippen LogP contribution in [0.3, 0.4) is 0 Å². The van der Waals surface area contributed by atoms with E-state index in [1.165, 1.54) is 12.8 Å². The van der Waals surface area contributed by atoms with Crippen molar-refractivity contribution in [2.75, 3.05) is 40.3 Å². The summed E-state index contributed by atoms with van der Waals surface area (Å²) in [4.78, 5) is 14.1. The summed E-state index contributed by atoms with van der Waals surface area (Å²) in [5.74, 6) is 1.89. The summed E-state index contributed by atoms with van der Waals surface area (Å²) in [5, 5.41) is 6.40. The molecule has 2 N–H and O–H groups in total. The average Bonchev–Trinajstić information content (AvgIpc) is 2.95. The van der Waals surface area contributed by atoms with Crippen molar-refractivity contribution in [1.29, 1.82) is 0 Å². The summed E-state index contributed by atoms with van der Waals surface area (Å²) in [5.41, 5.74) is 0. The maximum Gasteiger partial charge on any atom is 0.224 e. The van der Waals surface area contributed by atoms with Crippen LogP contribution in [0.4, 0.5) is 0 Å². The van der Waals surface area contributed by atoms with Crippen LogP contribution in [-0.2, 0) is 4.79 Å². The van der Waals surface area contributed by atoms with Gasteiger partial charge in [-0.25, -0.2) is 0 Å². The van der Waals surface area contributed by atoms with Crippen molar-refractivity contribution in [3.63, 3.8) is 0 Å². The van der Waals surface area contributed by atoms with E-state index in [4.69, 9.17) is 0 Å². The number of nitrogens with one attached hydrogen (secondary N) is 2. The highest BCUT2D eigenvalue weighted by Gasteiger charge is 2.42. The second kappa shape index (κ2) is 5.15. The average molecular weight is 225 g/mol. The maximum atomic E-state index is 12.0. The molecule has 0 aromatic heterocycles. The van der Waals surface area contributed by atoms with E-state index in [1.807, 2.05) is 14.1 Å². The fraction of sp³-hybridized carbons (Fsp3) is 0.917. The van der Waals surface area contributed by atoms with Gasteiger partial charge in [-0.15, -0.1) is 0 Å². The Kier molecular flexibility index (Phi) is 3.82. The molecule has 92 valence electrons. The fourth-order valence-electron chi connectivity index (χ4n) is 2.54. The van der Waals surface area contributed by atoms with Crippen molar-refractivity contribution < 1.29 is 4.79 Å². The minimum absolute atomic E-state index is 0.217. The molecule has 0 aromatic rings. The third kappa shape index (κ3) is 2.95. The second-order valence-electron chi connectivity index (χ2n) is 5.36. The van der Waals surface area contributed by atoms with E-state index in [-0.39, 0.29) is 11.8 Å². The first-order valence-electron chi connectivity index (χ1n) is 6.31. The van der Waals surface area contributed by atoms with Gasteiger partial charge in [0.2, 0.25) is 5.91 Å². The first kappa shape index (κ1) is 11.9. The molecule has 1 saturated heterocycles. The van der Waals surface area contributed by atoms with E-state index in [1.54, 1.807) is 0 Å². The summed E-state index contributed by atoms with van der Waals surface area (Å²) in [6.07, 6.45) is 2.65. The summed E-state index contributed by atoms with van der Waals surface area (Å²) >= 11 is 0. The van der Waals surface area contributed by atoms with Crippen molar-refractivity contribution in [3.8, 4) is 0 Å². The topological polar surface area (TPSA) is 44.4 Å². The summed E-state index contributed by atoms with van der Waals surface area (Å²) < 4.78 is 0. The first-order chi connectivity index (χ1) is 7.68. The van der Waals surface area contributed by atoms with Crippen LogP contribution in [0.2, 0.25) is 0 Å². The fourth-order valence-corrected chi connectivity index (χ4v) is 2.54. The molecule has 4 heteroatoms. The molecule has 2 atom stereocenters. The predicted octanol–water partition coefficient (Wildman–Crippen LogP) is -0.0902. The smallest absolute Gasteiger partial charge is 0.224 e. The van der Waals surface area contributed by atoms with Crippen molar-refractivity contribution >= 4 is 5.91 Å². The molecule has 0 spiro atoms. The van der Waals surface area contributed by atoms with Crippen molar-refractivity contribution in [1.82, 2.24) is 15.5 Å². The lowest BCUT2D eigenvalue weighted by Gasteiger charge is -2.18. The lowest BCUT2D eigenvalue weighted by atomic mass is 9.91. The van der Waals surface area contributed by atoms with Crippen molar-refractivity contribution in [3.05, 3.63) is 0 Å². The van der Waals surface area contributed by atoms with Crippen LogP contribution in [0, 0.1) is 17.8 Å². The molecular weight excluding hydrogens is 202 g/mol. The first-order valence-corrected chi connectivity index (χ1v) is 6.31. The highest BCUT2D eigenvalue weighted by Crippen LogP contribution is 2.41. The molecule has 1 aliphatic heterocycles. The highest BCUT2D eigenvalue weighted by molar-refractivity contribution is 5.79. The van der Waals surface area contributed by atoms with Crippen molar-refractivity contribution in [2.45, 2.75) is 12.8 Å². The van der Waals surface area contributed by atoms with E-state index < -0.39 is 0 Å². The molecule has 0 aromatic carbocycles.